The van der Waals surface area contributed by atoms with Gasteiger partial charge in [0, 0.05) is 0 Å². The van der Waals surface area contributed by atoms with Crippen LogP contribution < -0.4 is 0 Å². The van der Waals surface area contributed by atoms with Gasteiger partial charge >= 0.3 is 0 Å². The van der Waals surface area contributed by atoms with Gasteiger partial charge in [0.25, 0.3) is 0 Å². The maximum atomic E-state index is 10.8. The Morgan fingerprint density at radius 2 is 2.05 bits per heavy atom. The lowest BCUT2D eigenvalue weighted by Crippen LogP contribution is -2.25. The van der Waals surface area contributed by atoms with Crippen LogP contribution in [0.15, 0.2) is 36.5 Å². The lowest BCUT2D eigenvalue weighted by atomic mass is 9.78. The number of nitrogens with zero attached hydrogens (tertiary/aromatic N) is 3. The zero-order valence-electron chi connectivity index (χ0n) is 12.0. The van der Waals surface area contributed by atoms with Crippen molar-refractivity contribution in [2.75, 3.05) is 0 Å². The Morgan fingerprint density at radius 3 is 2.70 bits per heavy atom. The first-order chi connectivity index (χ1) is 9.59. The smallest absolute Gasteiger partial charge is 0.101 e. The molecule has 20 heavy (non-hydrogen) atoms. The molecule has 0 radical (unpaired) electrons. The number of aliphatic hydroxyl groups excluding tert-OH is 1. The minimum absolute atomic E-state index is 0.172. The van der Waals surface area contributed by atoms with E-state index in [1.54, 1.807) is 10.9 Å². The molecule has 2 atom stereocenters. The lowest BCUT2D eigenvalue weighted by molar-refractivity contribution is 0.0481. The average Bonchev–Trinajstić information content (AvgIpc) is 3.05. The van der Waals surface area contributed by atoms with Gasteiger partial charge in [0.05, 0.1) is 17.6 Å². The molecule has 3 rings (SSSR count). The van der Waals surface area contributed by atoms with E-state index in [0.29, 0.717) is 0 Å². The molecule has 0 saturated heterocycles. The predicted octanol–water partition coefficient (Wildman–Crippen LogP) is 3.13. The molecule has 0 bridgehead atoms. The van der Waals surface area contributed by atoms with Crippen LogP contribution in [0, 0.1) is 11.3 Å². The Hall–Kier alpha value is -1.68. The minimum Gasteiger partial charge on any atom is -0.386 e. The topological polar surface area (TPSA) is 50.9 Å². The van der Waals surface area contributed by atoms with Crippen molar-refractivity contribution in [2.45, 2.75) is 39.2 Å². The molecular formula is C16H21N3O. The SMILES string of the molecule is CC1(C)CCCC1C(O)c1cnnn1-c1ccccc1. The van der Waals surface area contributed by atoms with Crippen molar-refractivity contribution < 1.29 is 5.11 Å². The molecule has 1 aliphatic rings. The van der Waals surface area contributed by atoms with Crippen molar-refractivity contribution in [1.29, 1.82) is 0 Å². The van der Waals surface area contributed by atoms with E-state index in [9.17, 15) is 5.11 Å². The minimum atomic E-state index is -0.511. The van der Waals surface area contributed by atoms with E-state index in [4.69, 9.17) is 0 Å². The van der Waals surface area contributed by atoms with E-state index in [-0.39, 0.29) is 11.3 Å². The molecule has 0 aliphatic heterocycles. The number of benzene rings is 1. The van der Waals surface area contributed by atoms with Crippen molar-refractivity contribution in [3.05, 3.63) is 42.2 Å². The monoisotopic (exact) mass is 271 g/mol. The van der Waals surface area contributed by atoms with Crippen LogP contribution in [-0.4, -0.2) is 20.1 Å². The summed E-state index contributed by atoms with van der Waals surface area (Å²) >= 11 is 0. The molecule has 2 aromatic rings. The van der Waals surface area contributed by atoms with E-state index in [2.05, 4.69) is 24.2 Å². The van der Waals surface area contributed by atoms with Gasteiger partial charge in [-0.1, -0.05) is 43.7 Å². The summed E-state index contributed by atoms with van der Waals surface area (Å²) in [6.45, 7) is 4.48. The van der Waals surface area contributed by atoms with Gasteiger partial charge in [0.15, 0.2) is 0 Å². The first-order valence-electron chi connectivity index (χ1n) is 7.24. The molecule has 4 heteroatoms. The molecule has 1 aliphatic carbocycles. The van der Waals surface area contributed by atoms with Crippen molar-refractivity contribution in [2.24, 2.45) is 11.3 Å². The summed E-state index contributed by atoms with van der Waals surface area (Å²) in [7, 11) is 0. The van der Waals surface area contributed by atoms with Crippen molar-refractivity contribution in [1.82, 2.24) is 15.0 Å². The van der Waals surface area contributed by atoms with Crippen molar-refractivity contribution in [3.8, 4) is 5.69 Å². The second kappa shape index (κ2) is 5.02. The van der Waals surface area contributed by atoms with Gasteiger partial charge in [-0.3, -0.25) is 0 Å². The van der Waals surface area contributed by atoms with Gasteiger partial charge in [0.1, 0.15) is 6.10 Å². The van der Waals surface area contributed by atoms with Gasteiger partial charge < -0.3 is 5.11 Å². The molecule has 1 saturated carbocycles. The van der Waals surface area contributed by atoms with Gasteiger partial charge in [-0.2, -0.15) is 0 Å². The molecule has 1 aromatic heterocycles. The van der Waals surface area contributed by atoms with Gasteiger partial charge in [0.2, 0.25) is 0 Å². The highest BCUT2D eigenvalue weighted by atomic mass is 16.3. The largest absolute Gasteiger partial charge is 0.386 e. The summed E-state index contributed by atoms with van der Waals surface area (Å²) < 4.78 is 1.75. The summed E-state index contributed by atoms with van der Waals surface area (Å²) in [5.74, 6) is 0.267. The van der Waals surface area contributed by atoms with E-state index in [1.807, 2.05) is 30.3 Å². The Bertz CT molecular complexity index is 576. The summed E-state index contributed by atoms with van der Waals surface area (Å²) in [4.78, 5) is 0. The van der Waals surface area contributed by atoms with Crippen molar-refractivity contribution >= 4 is 0 Å². The highest BCUT2D eigenvalue weighted by Crippen LogP contribution is 2.48. The third-order valence-corrected chi connectivity index (χ3v) is 4.60. The van der Waals surface area contributed by atoms with Crippen LogP contribution in [0.2, 0.25) is 0 Å². The third-order valence-electron chi connectivity index (χ3n) is 4.60. The summed E-state index contributed by atoms with van der Waals surface area (Å²) in [6, 6.07) is 9.85. The van der Waals surface area contributed by atoms with Crippen molar-refractivity contribution in [3.63, 3.8) is 0 Å². The molecule has 1 fully saturated rings. The Morgan fingerprint density at radius 1 is 1.30 bits per heavy atom. The Labute approximate surface area is 119 Å². The summed E-state index contributed by atoms with van der Waals surface area (Å²) in [5.41, 5.74) is 1.90. The normalized spacial score (nSPS) is 22.9. The number of aromatic nitrogens is 3. The van der Waals surface area contributed by atoms with E-state index in [0.717, 1.165) is 17.8 Å². The quantitative estimate of drug-likeness (QED) is 0.933. The van der Waals surface area contributed by atoms with Gasteiger partial charge in [-0.25, -0.2) is 4.68 Å². The van der Waals surface area contributed by atoms with Gasteiger partial charge in [-0.05, 0) is 36.3 Å². The maximum absolute atomic E-state index is 10.8. The first kappa shape index (κ1) is 13.3. The number of aliphatic hydroxyl groups is 1. The van der Waals surface area contributed by atoms with Crippen LogP contribution in [0.1, 0.15) is 44.9 Å². The zero-order chi connectivity index (χ0) is 14.2. The fourth-order valence-corrected chi connectivity index (χ4v) is 3.36. The van der Waals surface area contributed by atoms with E-state index < -0.39 is 6.10 Å². The summed E-state index contributed by atoms with van der Waals surface area (Å²) in [5, 5.41) is 18.9. The first-order valence-corrected chi connectivity index (χ1v) is 7.24. The standard InChI is InChI=1S/C16H21N3O/c1-16(2)10-6-9-13(16)15(20)14-11-17-18-19(14)12-7-4-3-5-8-12/h3-5,7-8,11,13,15,20H,6,9-10H2,1-2H3. The zero-order valence-corrected chi connectivity index (χ0v) is 12.0. The second-order valence-corrected chi connectivity index (χ2v) is 6.34. The number of hydrogen-bond acceptors (Lipinski definition) is 3. The molecule has 106 valence electrons. The van der Waals surface area contributed by atoms with Crippen LogP contribution in [0.25, 0.3) is 5.69 Å². The number of para-hydroxylation sites is 1. The number of rotatable bonds is 3. The van der Waals surface area contributed by atoms with E-state index >= 15 is 0 Å². The average molecular weight is 271 g/mol. The van der Waals surface area contributed by atoms with Crippen LogP contribution in [0.3, 0.4) is 0 Å². The molecule has 0 spiro atoms. The predicted molar refractivity (Wildman–Crippen MR) is 77.4 cm³/mol. The van der Waals surface area contributed by atoms with Gasteiger partial charge in [-0.15, -0.1) is 5.10 Å². The number of hydrogen-bond donors (Lipinski definition) is 1. The Balaban J connectivity index is 1.94. The summed E-state index contributed by atoms with van der Waals surface area (Å²) in [6.07, 6.45) is 4.59. The molecule has 1 heterocycles. The highest BCUT2D eigenvalue weighted by Gasteiger charge is 2.40. The van der Waals surface area contributed by atoms with Crippen LogP contribution in [-0.2, 0) is 0 Å². The molecular weight excluding hydrogens is 250 g/mol. The van der Waals surface area contributed by atoms with Crippen LogP contribution >= 0.6 is 0 Å². The fraction of sp³-hybridized carbons (Fsp3) is 0.500. The molecule has 1 aromatic carbocycles. The molecule has 1 N–H and O–H groups in total. The van der Waals surface area contributed by atoms with Crippen LogP contribution in [0.4, 0.5) is 0 Å². The molecule has 4 nitrogen and oxygen atoms in total. The lowest BCUT2D eigenvalue weighted by Gasteiger charge is -2.31. The second-order valence-electron chi connectivity index (χ2n) is 6.34. The van der Waals surface area contributed by atoms with Crippen LogP contribution in [0.5, 0.6) is 0 Å². The third kappa shape index (κ3) is 2.24. The fourth-order valence-electron chi connectivity index (χ4n) is 3.36. The maximum Gasteiger partial charge on any atom is 0.101 e. The Kier molecular flexibility index (Phi) is 3.34. The molecule has 0 amide bonds. The molecule has 2 unspecified atom stereocenters. The highest BCUT2D eigenvalue weighted by molar-refractivity contribution is 5.32. The van der Waals surface area contributed by atoms with E-state index in [1.165, 1.54) is 12.8 Å².